The Labute approximate surface area is 121 Å². The molecule has 0 aliphatic rings. The molecule has 3 rings (SSSR count). The monoisotopic (exact) mass is 279 g/mol. The van der Waals surface area contributed by atoms with Crippen LogP contribution in [0.15, 0.2) is 59.4 Å². The van der Waals surface area contributed by atoms with Crippen molar-refractivity contribution in [3.05, 3.63) is 66.1 Å². The van der Waals surface area contributed by atoms with Gasteiger partial charge in [-0.15, -0.1) is 0 Å². The van der Waals surface area contributed by atoms with Gasteiger partial charge in [-0.2, -0.15) is 0 Å². The Morgan fingerprint density at radius 1 is 1.19 bits per heavy atom. The van der Waals surface area contributed by atoms with Crippen molar-refractivity contribution in [2.45, 2.75) is 6.92 Å². The molecule has 1 amide bonds. The molecule has 0 saturated heterocycles. The Bertz CT molecular complexity index is 766. The molecule has 5 heteroatoms. The maximum absolute atomic E-state index is 12.1. The second-order valence-corrected chi connectivity index (χ2v) is 4.64. The Hall–Kier alpha value is -2.95. The van der Waals surface area contributed by atoms with Crippen LogP contribution in [-0.2, 0) is 0 Å². The summed E-state index contributed by atoms with van der Waals surface area (Å²) >= 11 is 0. The Kier molecular flexibility index (Phi) is 3.47. The van der Waals surface area contributed by atoms with Crippen molar-refractivity contribution in [1.82, 2.24) is 10.1 Å². The van der Waals surface area contributed by atoms with Crippen molar-refractivity contribution < 1.29 is 9.32 Å². The third kappa shape index (κ3) is 2.97. The summed E-state index contributed by atoms with van der Waals surface area (Å²) in [6.45, 7) is 1.96. The number of amides is 1. The molecule has 0 radical (unpaired) electrons. The average molecular weight is 279 g/mol. The van der Waals surface area contributed by atoms with E-state index in [4.69, 9.17) is 4.52 Å². The highest BCUT2D eigenvalue weighted by atomic mass is 16.5. The van der Waals surface area contributed by atoms with Gasteiger partial charge in [-0.1, -0.05) is 17.3 Å². The second kappa shape index (κ2) is 5.58. The van der Waals surface area contributed by atoms with Gasteiger partial charge in [-0.05, 0) is 36.8 Å². The summed E-state index contributed by atoms with van der Waals surface area (Å²) in [6.07, 6.45) is 3.33. The van der Waals surface area contributed by atoms with Gasteiger partial charge in [0.05, 0.1) is 0 Å². The van der Waals surface area contributed by atoms with Gasteiger partial charge < -0.3 is 9.84 Å². The van der Waals surface area contributed by atoms with E-state index in [-0.39, 0.29) is 11.6 Å². The van der Waals surface area contributed by atoms with Gasteiger partial charge in [-0.25, -0.2) is 0 Å². The van der Waals surface area contributed by atoms with Crippen LogP contribution in [0.25, 0.3) is 11.3 Å². The molecular weight excluding hydrogens is 266 g/mol. The third-order valence-electron chi connectivity index (χ3n) is 2.96. The standard InChI is InChI=1S/C16H13N3O2/c1-11-4-2-6-13(8-11)18-16(20)14-9-15(21-19-14)12-5-3-7-17-10-12/h2-10H,1H3,(H,18,20). The molecule has 1 N–H and O–H groups in total. The van der Waals surface area contributed by atoms with Crippen LogP contribution in [-0.4, -0.2) is 16.0 Å². The van der Waals surface area contributed by atoms with Gasteiger partial charge in [0.2, 0.25) is 0 Å². The van der Waals surface area contributed by atoms with Crippen LogP contribution in [0.3, 0.4) is 0 Å². The number of carbonyl (C=O) groups is 1. The first-order valence-corrected chi connectivity index (χ1v) is 6.47. The SMILES string of the molecule is Cc1cccc(NC(=O)c2cc(-c3cccnc3)on2)c1. The molecule has 3 aromatic rings. The predicted octanol–water partition coefficient (Wildman–Crippen LogP) is 3.30. The van der Waals surface area contributed by atoms with E-state index in [0.717, 1.165) is 16.8 Å². The first-order valence-electron chi connectivity index (χ1n) is 6.47. The first-order chi connectivity index (χ1) is 10.2. The highest BCUT2D eigenvalue weighted by Gasteiger charge is 2.14. The molecule has 0 unspecified atom stereocenters. The lowest BCUT2D eigenvalue weighted by Crippen LogP contribution is -2.12. The molecule has 2 heterocycles. The predicted molar refractivity (Wildman–Crippen MR) is 78.9 cm³/mol. The van der Waals surface area contributed by atoms with Crippen LogP contribution in [0.2, 0.25) is 0 Å². The van der Waals surface area contributed by atoms with Crippen molar-refractivity contribution in [3.8, 4) is 11.3 Å². The van der Waals surface area contributed by atoms with Crippen molar-refractivity contribution in [1.29, 1.82) is 0 Å². The number of carbonyl (C=O) groups excluding carboxylic acids is 1. The van der Waals surface area contributed by atoms with E-state index < -0.39 is 0 Å². The molecule has 0 fully saturated rings. The molecule has 5 nitrogen and oxygen atoms in total. The van der Waals surface area contributed by atoms with Crippen molar-refractivity contribution >= 4 is 11.6 Å². The minimum Gasteiger partial charge on any atom is -0.355 e. The fraction of sp³-hybridized carbons (Fsp3) is 0.0625. The topological polar surface area (TPSA) is 68.0 Å². The minimum atomic E-state index is -0.306. The summed E-state index contributed by atoms with van der Waals surface area (Å²) in [4.78, 5) is 16.1. The number of hydrogen-bond donors (Lipinski definition) is 1. The zero-order valence-electron chi connectivity index (χ0n) is 11.4. The van der Waals surface area contributed by atoms with Crippen LogP contribution in [0.5, 0.6) is 0 Å². The molecule has 21 heavy (non-hydrogen) atoms. The molecule has 0 spiro atoms. The van der Waals surface area contributed by atoms with Crippen LogP contribution >= 0.6 is 0 Å². The largest absolute Gasteiger partial charge is 0.355 e. The zero-order valence-corrected chi connectivity index (χ0v) is 11.4. The Morgan fingerprint density at radius 2 is 2.10 bits per heavy atom. The molecule has 0 aliphatic carbocycles. The minimum absolute atomic E-state index is 0.232. The smallest absolute Gasteiger partial charge is 0.277 e. The van der Waals surface area contributed by atoms with E-state index >= 15 is 0 Å². The third-order valence-corrected chi connectivity index (χ3v) is 2.96. The quantitative estimate of drug-likeness (QED) is 0.798. The lowest BCUT2D eigenvalue weighted by Gasteiger charge is -2.02. The van der Waals surface area contributed by atoms with Gasteiger partial charge >= 0.3 is 0 Å². The van der Waals surface area contributed by atoms with Crippen molar-refractivity contribution in [3.63, 3.8) is 0 Å². The molecule has 0 aliphatic heterocycles. The summed E-state index contributed by atoms with van der Waals surface area (Å²) in [5.74, 6) is 0.206. The van der Waals surface area contributed by atoms with Crippen LogP contribution in [0.1, 0.15) is 16.1 Å². The number of hydrogen-bond acceptors (Lipinski definition) is 4. The van der Waals surface area contributed by atoms with E-state index in [1.54, 1.807) is 24.5 Å². The summed E-state index contributed by atoms with van der Waals surface area (Å²) in [5, 5.41) is 6.58. The van der Waals surface area contributed by atoms with Crippen LogP contribution < -0.4 is 5.32 Å². The number of nitrogens with one attached hydrogen (secondary N) is 1. The molecule has 2 aromatic heterocycles. The van der Waals surface area contributed by atoms with Crippen LogP contribution in [0, 0.1) is 6.92 Å². The Morgan fingerprint density at radius 3 is 2.86 bits per heavy atom. The summed E-state index contributed by atoms with van der Waals surface area (Å²) in [6, 6.07) is 12.8. The maximum Gasteiger partial charge on any atom is 0.277 e. The van der Waals surface area contributed by atoms with E-state index in [1.165, 1.54) is 0 Å². The van der Waals surface area contributed by atoms with E-state index in [1.807, 2.05) is 37.3 Å². The fourth-order valence-electron chi connectivity index (χ4n) is 1.94. The van der Waals surface area contributed by atoms with Gasteiger partial charge in [0.1, 0.15) is 0 Å². The molecule has 0 bridgehead atoms. The molecule has 1 aromatic carbocycles. The molecule has 0 saturated carbocycles. The normalized spacial score (nSPS) is 10.3. The number of pyridine rings is 1. The van der Waals surface area contributed by atoms with Gasteiger partial charge in [0.15, 0.2) is 11.5 Å². The van der Waals surface area contributed by atoms with Gasteiger partial charge in [0.25, 0.3) is 5.91 Å². The number of aryl methyl sites for hydroxylation is 1. The van der Waals surface area contributed by atoms with E-state index in [2.05, 4.69) is 15.5 Å². The highest BCUT2D eigenvalue weighted by Crippen LogP contribution is 2.19. The Balaban J connectivity index is 1.78. The number of aromatic nitrogens is 2. The number of rotatable bonds is 3. The fourth-order valence-corrected chi connectivity index (χ4v) is 1.94. The summed E-state index contributed by atoms with van der Waals surface area (Å²) in [5.41, 5.74) is 2.81. The van der Waals surface area contributed by atoms with Crippen molar-refractivity contribution in [2.75, 3.05) is 5.32 Å². The molecule has 0 atom stereocenters. The zero-order chi connectivity index (χ0) is 14.7. The number of nitrogens with zero attached hydrogens (tertiary/aromatic N) is 2. The summed E-state index contributed by atoms with van der Waals surface area (Å²) < 4.78 is 5.18. The lowest BCUT2D eigenvalue weighted by molar-refractivity contribution is 0.101. The number of anilines is 1. The van der Waals surface area contributed by atoms with Gasteiger partial charge in [0, 0.05) is 29.7 Å². The van der Waals surface area contributed by atoms with E-state index in [9.17, 15) is 4.79 Å². The first kappa shape index (κ1) is 13.1. The summed E-state index contributed by atoms with van der Waals surface area (Å²) in [7, 11) is 0. The molecule has 104 valence electrons. The number of benzene rings is 1. The second-order valence-electron chi connectivity index (χ2n) is 4.64. The highest BCUT2D eigenvalue weighted by molar-refractivity contribution is 6.03. The van der Waals surface area contributed by atoms with Crippen molar-refractivity contribution in [2.24, 2.45) is 0 Å². The maximum atomic E-state index is 12.1. The molecular formula is C16H13N3O2. The average Bonchev–Trinajstić information content (AvgIpc) is 2.98. The van der Waals surface area contributed by atoms with E-state index in [0.29, 0.717) is 5.76 Å². The van der Waals surface area contributed by atoms with Crippen LogP contribution in [0.4, 0.5) is 5.69 Å². The lowest BCUT2D eigenvalue weighted by atomic mass is 10.2. The van der Waals surface area contributed by atoms with Gasteiger partial charge in [-0.3, -0.25) is 9.78 Å².